The molecule has 6 nitrogen and oxygen atoms in total. The van der Waals surface area contributed by atoms with Crippen LogP contribution >= 0.6 is 11.6 Å². The number of benzene rings is 1. The molecule has 0 aliphatic carbocycles. The van der Waals surface area contributed by atoms with E-state index in [0.717, 1.165) is 11.0 Å². The standard InChI is InChI=1S/C17H15ClF3N5O/c1-9(15-10-4-2-3-5-11(10)23-24-15)26-12(17(19,20)21)6-7-25-14(27)8-13(18)22-16(25)26/h2-5,8-9,12H,6-7H2,1H3,(H,23,24)/t9?,12-/m0/s1. The monoisotopic (exact) mass is 397 g/mol. The van der Waals surface area contributed by atoms with Crippen LogP contribution < -0.4 is 10.5 Å². The quantitative estimate of drug-likeness (QED) is 0.670. The van der Waals surface area contributed by atoms with Crippen LogP contribution in [0.4, 0.5) is 19.1 Å². The van der Waals surface area contributed by atoms with Crippen molar-refractivity contribution < 1.29 is 13.2 Å². The number of nitrogens with zero attached hydrogens (tertiary/aromatic N) is 4. The van der Waals surface area contributed by atoms with E-state index in [-0.39, 0.29) is 24.1 Å². The first-order valence-electron chi connectivity index (χ1n) is 8.33. The molecular weight excluding hydrogens is 383 g/mol. The zero-order chi connectivity index (χ0) is 19.3. The number of fused-ring (bicyclic) bond motifs is 2. The Labute approximate surface area is 156 Å². The second-order valence-electron chi connectivity index (χ2n) is 6.45. The number of nitrogens with one attached hydrogen (secondary N) is 1. The lowest BCUT2D eigenvalue weighted by atomic mass is 10.0. The molecule has 1 aromatic carbocycles. The van der Waals surface area contributed by atoms with Crippen molar-refractivity contribution in [3.63, 3.8) is 0 Å². The number of alkyl halides is 3. The summed E-state index contributed by atoms with van der Waals surface area (Å²) in [6.07, 6.45) is -4.74. The summed E-state index contributed by atoms with van der Waals surface area (Å²) in [6, 6.07) is 5.70. The average molecular weight is 398 g/mol. The molecule has 2 atom stereocenters. The summed E-state index contributed by atoms with van der Waals surface area (Å²) in [5.41, 5.74) is 0.691. The van der Waals surface area contributed by atoms with Crippen LogP contribution in [0.25, 0.3) is 10.9 Å². The molecular formula is C17H15ClF3N5O. The third-order valence-electron chi connectivity index (χ3n) is 4.85. The maximum Gasteiger partial charge on any atom is 0.408 e. The normalized spacial score (nSPS) is 18.6. The van der Waals surface area contributed by atoms with Gasteiger partial charge in [0.2, 0.25) is 5.95 Å². The molecule has 0 saturated carbocycles. The average Bonchev–Trinajstić information content (AvgIpc) is 3.03. The van der Waals surface area contributed by atoms with Gasteiger partial charge in [-0.3, -0.25) is 14.5 Å². The first kappa shape index (κ1) is 17.8. The van der Waals surface area contributed by atoms with Crippen molar-refractivity contribution >= 4 is 28.5 Å². The maximum atomic E-state index is 13.8. The van der Waals surface area contributed by atoms with Crippen LogP contribution in [0.1, 0.15) is 25.1 Å². The van der Waals surface area contributed by atoms with Gasteiger partial charge in [-0.05, 0) is 19.4 Å². The van der Waals surface area contributed by atoms with E-state index in [0.29, 0.717) is 16.6 Å². The van der Waals surface area contributed by atoms with Crippen molar-refractivity contribution in [1.29, 1.82) is 0 Å². The Hall–Kier alpha value is -2.55. The number of para-hydroxylation sites is 1. The van der Waals surface area contributed by atoms with Crippen molar-refractivity contribution in [3.05, 3.63) is 51.5 Å². The SMILES string of the molecule is CC(c1[nH]nc2ccccc12)N1c2nc(Cl)cc(=O)n2CC[C@H]1C(F)(F)F. The number of halogens is 4. The molecule has 1 unspecified atom stereocenters. The predicted octanol–water partition coefficient (Wildman–Crippen LogP) is 3.68. The Morgan fingerprint density at radius 1 is 1.33 bits per heavy atom. The van der Waals surface area contributed by atoms with Gasteiger partial charge in [-0.1, -0.05) is 29.8 Å². The zero-order valence-corrected chi connectivity index (χ0v) is 14.9. The van der Waals surface area contributed by atoms with E-state index in [1.165, 1.54) is 4.57 Å². The van der Waals surface area contributed by atoms with Crippen molar-refractivity contribution in [2.45, 2.75) is 38.1 Å². The highest BCUT2D eigenvalue weighted by molar-refractivity contribution is 6.29. The van der Waals surface area contributed by atoms with Gasteiger partial charge in [0.05, 0.1) is 17.3 Å². The van der Waals surface area contributed by atoms with Gasteiger partial charge in [-0.25, -0.2) is 4.98 Å². The molecule has 1 aliphatic heterocycles. The molecule has 1 N–H and O–H groups in total. The second kappa shape index (κ2) is 6.26. The third kappa shape index (κ3) is 2.95. The molecule has 0 saturated heterocycles. The Morgan fingerprint density at radius 3 is 2.81 bits per heavy atom. The minimum atomic E-state index is -4.49. The summed E-state index contributed by atoms with van der Waals surface area (Å²) < 4.78 is 42.6. The van der Waals surface area contributed by atoms with Crippen LogP contribution in [-0.4, -0.2) is 32.0 Å². The van der Waals surface area contributed by atoms with E-state index in [2.05, 4.69) is 15.2 Å². The smallest absolute Gasteiger partial charge is 0.322 e. The first-order chi connectivity index (χ1) is 12.8. The molecule has 0 spiro atoms. The van der Waals surface area contributed by atoms with Gasteiger partial charge in [0.25, 0.3) is 5.56 Å². The predicted molar refractivity (Wildman–Crippen MR) is 95.0 cm³/mol. The highest BCUT2D eigenvalue weighted by Gasteiger charge is 2.48. The molecule has 1 aliphatic rings. The Kier molecular flexibility index (Phi) is 4.14. The number of aromatic nitrogens is 4. The zero-order valence-electron chi connectivity index (χ0n) is 14.2. The van der Waals surface area contributed by atoms with Crippen molar-refractivity contribution in [2.24, 2.45) is 0 Å². The van der Waals surface area contributed by atoms with E-state index in [9.17, 15) is 18.0 Å². The molecule has 4 rings (SSSR count). The summed E-state index contributed by atoms with van der Waals surface area (Å²) >= 11 is 5.88. The Bertz CT molecular complexity index is 1060. The van der Waals surface area contributed by atoms with Gasteiger partial charge in [0, 0.05) is 18.0 Å². The lowest BCUT2D eigenvalue weighted by Gasteiger charge is -2.42. The van der Waals surface area contributed by atoms with Gasteiger partial charge < -0.3 is 4.90 Å². The summed E-state index contributed by atoms with van der Waals surface area (Å²) in [5, 5.41) is 7.58. The fraction of sp³-hybridized carbons (Fsp3) is 0.353. The lowest BCUT2D eigenvalue weighted by Crippen LogP contribution is -2.53. The molecule has 0 radical (unpaired) electrons. The van der Waals surface area contributed by atoms with E-state index < -0.39 is 23.8 Å². The topological polar surface area (TPSA) is 66.8 Å². The number of aromatic amines is 1. The molecule has 3 heterocycles. The van der Waals surface area contributed by atoms with E-state index in [1.807, 2.05) is 0 Å². The van der Waals surface area contributed by atoms with Crippen LogP contribution in [0.15, 0.2) is 35.1 Å². The molecule has 10 heteroatoms. The van der Waals surface area contributed by atoms with Crippen molar-refractivity contribution in [3.8, 4) is 0 Å². The fourth-order valence-corrected chi connectivity index (χ4v) is 3.77. The first-order valence-corrected chi connectivity index (χ1v) is 8.70. The summed E-state index contributed by atoms with van der Waals surface area (Å²) in [5.74, 6) is -0.0905. The highest BCUT2D eigenvalue weighted by atomic mass is 35.5. The van der Waals surface area contributed by atoms with Crippen LogP contribution in [0.3, 0.4) is 0 Å². The number of hydrogen-bond acceptors (Lipinski definition) is 4. The number of hydrogen-bond donors (Lipinski definition) is 1. The molecule has 27 heavy (non-hydrogen) atoms. The Balaban J connectivity index is 1.90. The molecule has 0 fully saturated rings. The molecule has 0 amide bonds. The number of anilines is 1. The minimum Gasteiger partial charge on any atom is -0.322 e. The maximum absolute atomic E-state index is 13.8. The Morgan fingerprint density at radius 2 is 2.07 bits per heavy atom. The summed E-state index contributed by atoms with van der Waals surface area (Å²) in [6.45, 7) is 1.55. The van der Waals surface area contributed by atoms with E-state index in [4.69, 9.17) is 11.6 Å². The van der Waals surface area contributed by atoms with Gasteiger partial charge >= 0.3 is 6.18 Å². The third-order valence-corrected chi connectivity index (χ3v) is 5.05. The van der Waals surface area contributed by atoms with Crippen molar-refractivity contribution in [2.75, 3.05) is 4.90 Å². The van der Waals surface area contributed by atoms with Crippen LogP contribution in [0, 0.1) is 0 Å². The van der Waals surface area contributed by atoms with Gasteiger partial charge in [-0.15, -0.1) is 0 Å². The minimum absolute atomic E-state index is 0.0740. The number of H-pyrrole nitrogens is 1. The molecule has 3 aromatic rings. The summed E-state index contributed by atoms with van der Waals surface area (Å²) in [7, 11) is 0. The van der Waals surface area contributed by atoms with Crippen molar-refractivity contribution in [1.82, 2.24) is 19.7 Å². The van der Waals surface area contributed by atoms with E-state index in [1.54, 1.807) is 31.2 Å². The van der Waals surface area contributed by atoms with Crippen LogP contribution in [0.2, 0.25) is 5.15 Å². The highest BCUT2D eigenvalue weighted by Crippen LogP contribution is 2.40. The molecule has 2 aromatic heterocycles. The summed E-state index contributed by atoms with van der Waals surface area (Å²) in [4.78, 5) is 17.4. The van der Waals surface area contributed by atoms with Gasteiger partial charge in [-0.2, -0.15) is 18.3 Å². The van der Waals surface area contributed by atoms with Gasteiger partial charge in [0.1, 0.15) is 11.2 Å². The molecule has 0 bridgehead atoms. The fourth-order valence-electron chi connectivity index (χ4n) is 3.61. The molecule has 142 valence electrons. The second-order valence-corrected chi connectivity index (χ2v) is 6.84. The van der Waals surface area contributed by atoms with E-state index >= 15 is 0 Å². The van der Waals surface area contributed by atoms with Gasteiger partial charge in [0.15, 0.2) is 0 Å². The lowest BCUT2D eigenvalue weighted by molar-refractivity contribution is -0.154. The van der Waals surface area contributed by atoms with Crippen LogP contribution in [-0.2, 0) is 6.54 Å². The number of rotatable bonds is 2. The largest absolute Gasteiger partial charge is 0.408 e. The van der Waals surface area contributed by atoms with Crippen LogP contribution in [0.5, 0.6) is 0 Å².